The zero-order chi connectivity index (χ0) is 20.3. The number of anilines is 1. The van der Waals surface area contributed by atoms with E-state index in [0.29, 0.717) is 28.3 Å². The third-order valence-corrected chi connectivity index (χ3v) is 7.43. The number of ether oxygens (including phenoxy) is 1. The molecule has 0 saturated heterocycles. The Kier molecular flexibility index (Phi) is 4.32. The number of hydrogen-bond acceptors (Lipinski definition) is 4. The fraction of sp³-hybridized carbons (Fsp3) is 0.391. The zero-order valence-corrected chi connectivity index (χ0v) is 16.8. The predicted molar refractivity (Wildman–Crippen MR) is 110 cm³/mol. The van der Waals surface area contributed by atoms with Gasteiger partial charge in [0.25, 0.3) is 0 Å². The van der Waals surface area contributed by atoms with Gasteiger partial charge in [0, 0.05) is 0 Å². The van der Waals surface area contributed by atoms with Crippen molar-refractivity contribution < 1.29 is 19.4 Å². The second-order valence-corrected chi connectivity index (χ2v) is 8.77. The number of esters is 1. The van der Waals surface area contributed by atoms with Gasteiger partial charge in [-0.2, -0.15) is 0 Å². The van der Waals surface area contributed by atoms with E-state index in [1.165, 1.54) is 20.0 Å². The number of rotatable bonds is 3. The first-order valence-corrected chi connectivity index (χ1v) is 10.4. The SMILES string of the molecule is COC(=O)c1ccc(Cl)c2c1[C@@H]1[C@H]3CC[C@@H](C3)[C@H]1[C@H](c1ccc(C(=O)O)cc1)N2. The predicted octanol–water partition coefficient (Wildman–Crippen LogP) is 5.12. The second-order valence-electron chi connectivity index (χ2n) is 8.36. The van der Waals surface area contributed by atoms with Crippen LogP contribution in [-0.2, 0) is 4.74 Å². The van der Waals surface area contributed by atoms with Gasteiger partial charge in [0.2, 0.25) is 0 Å². The molecule has 2 bridgehead atoms. The van der Waals surface area contributed by atoms with Crippen molar-refractivity contribution in [3.63, 3.8) is 0 Å². The van der Waals surface area contributed by atoms with Crippen LogP contribution in [0.5, 0.6) is 0 Å². The summed E-state index contributed by atoms with van der Waals surface area (Å²) in [6, 6.07) is 10.7. The number of aromatic carboxylic acids is 1. The van der Waals surface area contributed by atoms with Crippen molar-refractivity contribution in [3.8, 4) is 0 Å². The maximum atomic E-state index is 12.5. The summed E-state index contributed by atoms with van der Waals surface area (Å²) < 4.78 is 5.05. The van der Waals surface area contributed by atoms with Crippen LogP contribution in [0.2, 0.25) is 5.02 Å². The van der Waals surface area contributed by atoms with Crippen molar-refractivity contribution in [2.75, 3.05) is 12.4 Å². The van der Waals surface area contributed by atoms with Gasteiger partial charge in [-0.3, -0.25) is 0 Å². The summed E-state index contributed by atoms with van der Waals surface area (Å²) in [5, 5.41) is 13.4. The first-order valence-electron chi connectivity index (χ1n) is 10.00. The summed E-state index contributed by atoms with van der Waals surface area (Å²) in [7, 11) is 1.41. The molecule has 2 aromatic carbocycles. The Morgan fingerprint density at radius 2 is 1.83 bits per heavy atom. The number of carboxylic acids is 1. The van der Waals surface area contributed by atoms with E-state index in [-0.39, 0.29) is 23.5 Å². The maximum absolute atomic E-state index is 12.5. The van der Waals surface area contributed by atoms with Crippen LogP contribution in [0.1, 0.15) is 63.1 Å². The number of carbonyl (C=O) groups is 2. The van der Waals surface area contributed by atoms with E-state index in [4.69, 9.17) is 16.3 Å². The Labute approximate surface area is 174 Å². The molecule has 2 aromatic rings. The maximum Gasteiger partial charge on any atom is 0.338 e. The lowest BCUT2D eigenvalue weighted by Crippen LogP contribution is -2.36. The molecule has 5 rings (SSSR count). The molecule has 2 N–H and O–H groups in total. The highest BCUT2D eigenvalue weighted by atomic mass is 35.5. The molecule has 2 fully saturated rings. The van der Waals surface area contributed by atoms with Gasteiger partial charge in [0.05, 0.1) is 35.0 Å². The van der Waals surface area contributed by atoms with Gasteiger partial charge in [-0.05, 0) is 78.3 Å². The number of nitrogens with one attached hydrogen (secondary N) is 1. The average molecular weight is 412 g/mol. The van der Waals surface area contributed by atoms with Crippen molar-refractivity contribution >= 4 is 29.2 Å². The van der Waals surface area contributed by atoms with Crippen LogP contribution in [0.3, 0.4) is 0 Å². The van der Waals surface area contributed by atoms with E-state index in [9.17, 15) is 14.7 Å². The smallest absolute Gasteiger partial charge is 0.338 e. The molecule has 0 radical (unpaired) electrons. The van der Waals surface area contributed by atoms with Crippen LogP contribution in [0.4, 0.5) is 5.69 Å². The van der Waals surface area contributed by atoms with Gasteiger partial charge >= 0.3 is 11.9 Å². The van der Waals surface area contributed by atoms with Crippen LogP contribution in [0.15, 0.2) is 36.4 Å². The zero-order valence-electron chi connectivity index (χ0n) is 16.0. The molecule has 5 atom stereocenters. The molecule has 6 heteroatoms. The third kappa shape index (κ3) is 2.75. The van der Waals surface area contributed by atoms with Gasteiger partial charge in [-0.15, -0.1) is 0 Å². The Hall–Kier alpha value is -2.53. The van der Waals surface area contributed by atoms with Crippen LogP contribution < -0.4 is 5.32 Å². The van der Waals surface area contributed by atoms with Crippen molar-refractivity contribution in [1.82, 2.24) is 0 Å². The van der Waals surface area contributed by atoms with Gasteiger partial charge in [-0.1, -0.05) is 23.7 Å². The summed E-state index contributed by atoms with van der Waals surface area (Å²) in [4.78, 5) is 23.7. The Morgan fingerprint density at radius 3 is 2.52 bits per heavy atom. The summed E-state index contributed by atoms with van der Waals surface area (Å²) in [5.74, 6) is 0.459. The molecular weight excluding hydrogens is 390 g/mol. The summed E-state index contributed by atoms with van der Waals surface area (Å²) in [6.07, 6.45) is 3.52. The van der Waals surface area contributed by atoms with Gasteiger partial charge in [0.15, 0.2) is 0 Å². The summed E-state index contributed by atoms with van der Waals surface area (Å²) in [6.45, 7) is 0. The molecule has 0 aromatic heterocycles. The van der Waals surface area contributed by atoms with Crippen LogP contribution >= 0.6 is 11.6 Å². The van der Waals surface area contributed by atoms with Crippen molar-refractivity contribution in [3.05, 3.63) is 63.7 Å². The van der Waals surface area contributed by atoms with E-state index >= 15 is 0 Å². The Bertz CT molecular complexity index is 1000. The van der Waals surface area contributed by atoms with Gasteiger partial charge in [0.1, 0.15) is 0 Å². The number of methoxy groups -OCH3 is 1. The second kappa shape index (κ2) is 6.77. The minimum atomic E-state index is -0.929. The number of carboxylic acid groups (broad SMARTS) is 1. The molecule has 1 heterocycles. The van der Waals surface area contributed by atoms with Crippen LogP contribution in [0, 0.1) is 17.8 Å². The highest BCUT2D eigenvalue weighted by Crippen LogP contribution is 2.64. The molecule has 150 valence electrons. The number of fused-ring (bicyclic) bond motifs is 7. The number of benzene rings is 2. The third-order valence-electron chi connectivity index (χ3n) is 7.12. The molecule has 0 unspecified atom stereocenters. The Morgan fingerprint density at radius 1 is 1.10 bits per heavy atom. The lowest BCUT2D eigenvalue weighted by atomic mass is 9.67. The van der Waals surface area contributed by atoms with Crippen LogP contribution in [-0.4, -0.2) is 24.2 Å². The standard InChI is InChI=1S/C23H22ClNO4/c1-29-23(28)15-8-9-16(24)21-19(15)17-13-6-7-14(10-13)18(17)20(25-21)11-2-4-12(5-3-11)22(26)27/h2-5,8-9,13-14,17-18,20,25H,6-7,10H2,1H3,(H,26,27)/t13-,14-,17+,18+,20-/m0/s1. The summed E-state index contributed by atoms with van der Waals surface area (Å²) >= 11 is 6.58. The lowest BCUT2D eigenvalue weighted by Gasteiger charge is -2.44. The molecule has 0 spiro atoms. The van der Waals surface area contributed by atoms with Crippen molar-refractivity contribution in [1.29, 1.82) is 0 Å². The quantitative estimate of drug-likeness (QED) is 0.685. The molecule has 2 aliphatic carbocycles. The highest BCUT2D eigenvalue weighted by Gasteiger charge is 2.55. The largest absolute Gasteiger partial charge is 0.478 e. The minimum Gasteiger partial charge on any atom is -0.478 e. The topological polar surface area (TPSA) is 75.6 Å². The molecule has 2 saturated carbocycles. The van der Waals surface area contributed by atoms with E-state index < -0.39 is 5.97 Å². The molecular formula is C23H22ClNO4. The number of hydrogen-bond donors (Lipinski definition) is 2. The van der Waals surface area contributed by atoms with E-state index in [0.717, 1.165) is 23.2 Å². The fourth-order valence-electron chi connectivity index (χ4n) is 6.01. The lowest BCUT2D eigenvalue weighted by molar-refractivity contribution is 0.0596. The average Bonchev–Trinajstić information content (AvgIpc) is 3.36. The van der Waals surface area contributed by atoms with Gasteiger partial charge in [-0.25, -0.2) is 9.59 Å². The molecule has 5 nitrogen and oxygen atoms in total. The number of halogens is 1. The summed E-state index contributed by atoms with van der Waals surface area (Å²) in [5.41, 5.74) is 3.75. The molecule has 29 heavy (non-hydrogen) atoms. The fourth-order valence-corrected chi connectivity index (χ4v) is 6.23. The van der Waals surface area contributed by atoms with Crippen molar-refractivity contribution in [2.45, 2.75) is 31.2 Å². The molecule has 1 aliphatic heterocycles. The molecule has 3 aliphatic rings. The van der Waals surface area contributed by atoms with E-state index in [1.807, 2.05) is 12.1 Å². The van der Waals surface area contributed by atoms with Gasteiger partial charge < -0.3 is 15.2 Å². The van der Waals surface area contributed by atoms with E-state index in [1.54, 1.807) is 24.3 Å². The van der Waals surface area contributed by atoms with Crippen molar-refractivity contribution in [2.24, 2.45) is 17.8 Å². The van der Waals surface area contributed by atoms with Crippen LogP contribution in [0.25, 0.3) is 0 Å². The monoisotopic (exact) mass is 411 g/mol. The Balaban J connectivity index is 1.65. The first kappa shape index (κ1) is 18.5. The molecule has 0 amide bonds. The first-order chi connectivity index (χ1) is 14.0. The minimum absolute atomic E-state index is 0.0380. The normalized spacial score (nSPS) is 29.0. The van der Waals surface area contributed by atoms with E-state index in [2.05, 4.69) is 5.32 Å². The number of carbonyl (C=O) groups excluding carboxylic acids is 1. The highest BCUT2D eigenvalue weighted by molar-refractivity contribution is 6.33.